The largest absolute Gasteiger partial charge is 0.352 e. The van der Waals surface area contributed by atoms with Crippen molar-refractivity contribution in [2.45, 2.75) is 31.4 Å². The van der Waals surface area contributed by atoms with Crippen molar-refractivity contribution in [2.24, 2.45) is 17.4 Å². The van der Waals surface area contributed by atoms with Crippen molar-refractivity contribution in [1.29, 1.82) is 5.26 Å². The van der Waals surface area contributed by atoms with Gasteiger partial charge in [-0.3, -0.25) is 4.79 Å². The van der Waals surface area contributed by atoms with Gasteiger partial charge in [-0.05, 0) is 37.1 Å². The molecule has 8 nitrogen and oxygen atoms in total. The maximum Gasteiger partial charge on any atom is 0.313 e. The number of rotatable bonds is 6. The number of aromatic nitrogens is 1. The summed E-state index contributed by atoms with van der Waals surface area (Å²) < 4.78 is 43.7. The van der Waals surface area contributed by atoms with Crippen molar-refractivity contribution >= 4 is 29.2 Å². The number of halogens is 4. The highest BCUT2D eigenvalue weighted by Gasteiger charge is 2.59. The van der Waals surface area contributed by atoms with E-state index >= 15 is 4.39 Å². The zero-order chi connectivity index (χ0) is 23.8. The molecule has 1 aliphatic rings. The van der Waals surface area contributed by atoms with Gasteiger partial charge in [-0.15, -0.1) is 0 Å². The van der Waals surface area contributed by atoms with Gasteiger partial charge in [0.1, 0.15) is 23.1 Å². The highest BCUT2D eigenvalue weighted by atomic mass is 35.5. The monoisotopic (exact) mass is 466 g/mol. The number of amides is 3. The number of hydrogen-bond donors (Lipinski definition) is 4. The Morgan fingerprint density at radius 1 is 1.38 bits per heavy atom. The third-order valence-corrected chi connectivity index (χ3v) is 5.53. The number of nitrogens with zero attached hydrogens (tertiary/aromatic N) is 2. The Morgan fingerprint density at radius 2 is 2.03 bits per heavy atom. The summed E-state index contributed by atoms with van der Waals surface area (Å²) in [5.41, 5.74) is 7.64. The molecule has 1 aliphatic carbocycles. The fraction of sp³-hybridized carbons (Fsp3) is 0.300. The van der Waals surface area contributed by atoms with Gasteiger partial charge >= 0.3 is 6.03 Å². The first-order valence-electron chi connectivity index (χ1n) is 9.30. The first-order valence-corrected chi connectivity index (χ1v) is 9.68. The maximum atomic E-state index is 15.1. The van der Waals surface area contributed by atoms with Crippen LogP contribution in [-0.4, -0.2) is 29.4 Å². The molecule has 6 N–H and O–H groups in total. The van der Waals surface area contributed by atoms with Gasteiger partial charge in [0.15, 0.2) is 0 Å². The number of nitrogens with one attached hydrogen (secondary N) is 2. The van der Waals surface area contributed by atoms with E-state index in [9.17, 15) is 18.4 Å². The van der Waals surface area contributed by atoms with Crippen LogP contribution in [0.1, 0.15) is 33.6 Å². The molecule has 3 amide bonds. The number of primary amides is 1. The fourth-order valence-electron chi connectivity index (χ4n) is 3.63. The summed E-state index contributed by atoms with van der Waals surface area (Å²) >= 11 is 5.99. The van der Waals surface area contributed by atoms with Gasteiger partial charge in [0.05, 0.1) is 10.6 Å². The Bertz CT molecular complexity index is 1140. The van der Waals surface area contributed by atoms with E-state index in [1.807, 2.05) is 11.4 Å². The lowest BCUT2D eigenvalue weighted by molar-refractivity contribution is 0.0170. The van der Waals surface area contributed by atoms with Crippen LogP contribution in [0.25, 0.3) is 0 Å². The van der Waals surface area contributed by atoms with Crippen LogP contribution >= 0.6 is 11.6 Å². The SMILES string of the molecule is Cc1cc(NC(=O)c2ncc(C#N)cc2Cl)cc([C@](NC(N)=O)(C(F)F)[C@H]2C[C@H]2N)c1F. The second-order valence-electron chi connectivity index (χ2n) is 7.44. The number of nitrogens with two attached hydrogens (primary N) is 2. The molecule has 1 aromatic heterocycles. The van der Waals surface area contributed by atoms with Crippen molar-refractivity contribution in [3.05, 3.63) is 57.6 Å². The second-order valence-corrected chi connectivity index (χ2v) is 7.85. The molecule has 2 aromatic rings. The minimum absolute atomic E-state index is 0.0448. The number of carbonyl (C=O) groups is 2. The summed E-state index contributed by atoms with van der Waals surface area (Å²) in [6.07, 6.45) is -2.00. The molecular weight excluding hydrogens is 449 g/mol. The summed E-state index contributed by atoms with van der Waals surface area (Å²) in [7, 11) is 0. The summed E-state index contributed by atoms with van der Waals surface area (Å²) in [6.45, 7) is 1.31. The number of nitriles is 1. The van der Waals surface area contributed by atoms with Gasteiger partial charge in [-0.1, -0.05) is 11.6 Å². The quantitative estimate of drug-likeness (QED) is 0.516. The van der Waals surface area contributed by atoms with E-state index in [2.05, 4.69) is 10.3 Å². The van der Waals surface area contributed by atoms with Crippen molar-refractivity contribution < 1.29 is 22.8 Å². The van der Waals surface area contributed by atoms with E-state index < -0.39 is 47.2 Å². The third kappa shape index (κ3) is 4.19. The van der Waals surface area contributed by atoms with E-state index in [1.54, 1.807) is 0 Å². The summed E-state index contributed by atoms with van der Waals surface area (Å²) in [5, 5.41) is 13.2. The molecule has 1 aromatic carbocycles. The molecule has 0 spiro atoms. The second kappa shape index (κ2) is 8.64. The van der Waals surface area contributed by atoms with Gasteiger partial charge in [-0.25, -0.2) is 22.9 Å². The number of anilines is 1. The molecule has 0 saturated heterocycles. The van der Waals surface area contributed by atoms with Crippen LogP contribution in [0.2, 0.25) is 5.02 Å². The van der Waals surface area contributed by atoms with Gasteiger partial charge in [0, 0.05) is 29.4 Å². The van der Waals surface area contributed by atoms with Crippen LogP contribution in [0.3, 0.4) is 0 Å². The van der Waals surface area contributed by atoms with Crippen LogP contribution in [0.4, 0.5) is 23.7 Å². The van der Waals surface area contributed by atoms with Gasteiger partial charge in [0.2, 0.25) is 0 Å². The number of aryl methyl sites for hydroxylation is 1. The summed E-state index contributed by atoms with van der Waals surface area (Å²) in [5.74, 6) is -2.78. The third-order valence-electron chi connectivity index (χ3n) is 5.24. The number of urea groups is 1. The molecule has 3 rings (SSSR count). The molecule has 0 bridgehead atoms. The van der Waals surface area contributed by atoms with Crippen LogP contribution in [0.5, 0.6) is 0 Å². The lowest BCUT2D eigenvalue weighted by Crippen LogP contribution is -2.56. The summed E-state index contributed by atoms with van der Waals surface area (Å²) in [4.78, 5) is 28.0. The lowest BCUT2D eigenvalue weighted by Gasteiger charge is -2.35. The smallest absolute Gasteiger partial charge is 0.313 e. The highest BCUT2D eigenvalue weighted by Crippen LogP contribution is 2.50. The predicted molar refractivity (Wildman–Crippen MR) is 110 cm³/mol. The molecular formula is C20H18ClF3N6O2. The van der Waals surface area contributed by atoms with Crippen LogP contribution in [-0.2, 0) is 5.54 Å². The average Bonchev–Trinajstić information content (AvgIpc) is 3.45. The van der Waals surface area contributed by atoms with Crippen molar-refractivity contribution in [3.63, 3.8) is 0 Å². The Balaban J connectivity index is 2.06. The molecule has 1 saturated carbocycles. The van der Waals surface area contributed by atoms with Gasteiger partial charge in [-0.2, -0.15) is 5.26 Å². The van der Waals surface area contributed by atoms with Crippen molar-refractivity contribution in [2.75, 3.05) is 5.32 Å². The van der Waals surface area contributed by atoms with Gasteiger partial charge in [0.25, 0.3) is 12.3 Å². The molecule has 0 unspecified atom stereocenters. The maximum absolute atomic E-state index is 15.1. The molecule has 1 fully saturated rings. The highest BCUT2D eigenvalue weighted by molar-refractivity contribution is 6.34. The first-order chi connectivity index (χ1) is 15.0. The lowest BCUT2D eigenvalue weighted by atomic mass is 9.83. The van der Waals surface area contributed by atoms with Crippen LogP contribution < -0.4 is 22.1 Å². The Hall–Kier alpha value is -3.36. The number of pyridine rings is 1. The average molecular weight is 467 g/mol. The van der Waals surface area contributed by atoms with Gasteiger partial charge < -0.3 is 22.1 Å². The topological polar surface area (TPSA) is 147 Å². The molecule has 168 valence electrons. The zero-order valence-corrected chi connectivity index (χ0v) is 17.4. The number of benzene rings is 1. The van der Waals surface area contributed by atoms with Crippen molar-refractivity contribution in [3.8, 4) is 6.07 Å². The minimum atomic E-state index is -3.25. The molecule has 0 radical (unpaired) electrons. The molecule has 32 heavy (non-hydrogen) atoms. The van der Waals surface area contributed by atoms with E-state index in [0.717, 1.165) is 12.3 Å². The number of alkyl halides is 2. The fourth-order valence-corrected chi connectivity index (χ4v) is 3.89. The molecule has 3 atom stereocenters. The zero-order valence-electron chi connectivity index (χ0n) is 16.6. The number of carbonyl (C=O) groups excluding carboxylic acids is 2. The molecule has 1 heterocycles. The Morgan fingerprint density at radius 3 is 2.53 bits per heavy atom. The van der Waals surface area contributed by atoms with E-state index in [-0.39, 0.29) is 34.0 Å². The Kier molecular flexibility index (Phi) is 6.29. The van der Waals surface area contributed by atoms with Crippen LogP contribution in [0.15, 0.2) is 24.4 Å². The summed E-state index contributed by atoms with van der Waals surface area (Å²) in [6, 6.07) is 3.30. The van der Waals surface area contributed by atoms with E-state index in [1.165, 1.54) is 19.1 Å². The number of hydrogen-bond acceptors (Lipinski definition) is 5. The molecule has 12 heteroatoms. The standard InChI is InChI=1S/C20H18ClF3N6O2/c1-8-2-10(29-17(31)16-13(21)3-9(6-25)7-28-16)4-12(15(8)22)20(18(23)24,30-19(27)32)11-5-14(11)26/h2-4,7,11,14,18H,5,26H2,1H3,(H,29,31)(H3,27,30,32)/t11-,14+,20-/m0/s1. The van der Waals surface area contributed by atoms with Crippen LogP contribution in [0, 0.1) is 30.0 Å². The van der Waals surface area contributed by atoms with Crippen molar-refractivity contribution in [1.82, 2.24) is 10.3 Å². The van der Waals surface area contributed by atoms with E-state index in [4.69, 9.17) is 28.3 Å². The Labute approximate surface area is 185 Å². The first kappa shape index (κ1) is 23.3. The van der Waals surface area contributed by atoms with E-state index in [0.29, 0.717) is 0 Å². The molecule has 0 aliphatic heterocycles. The predicted octanol–water partition coefficient (Wildman–Crippen LogP) is 2.78. The normalized spacial score (nSPS) is 19.1. The minimum Gasteiger partial charge on any atom is -0.352 e.